The van der Waals surface area contributed by atoms with Crippen LogP contribution < -0.4 is 10.6 Å². The zero-order chi connectivity index (χ0) is 25.0. The molecule has 7 heteroatoms. The van der Waals surface area contributed by atoms with E-state index in [1.807, 2.05) is 42.7 Å². The molecule has 36 heavy (non-hydrogen) atoms. The molecular weight excluding hydrogens is 448 g/mol. The summed E-state index contributed by atoms with van der Waals surface area (Å²) in [5.74, 6) is 0.573. The summed E-state index contributed by atoms with van der Waals surface area (Å²) in [6, 6.07) is 20.6. The van der Waals surface area contributed by atoms with Gasteiger partial charge in [-0.25, -0.2) is 4.98 Å². The van der Waals surface area contributed by atoms with Crippen LogP contribution in [0.15, 0.2) is 79.3 Å². The Bertz CT molecular complexity index is 1300. The molecule has 4 heterocycles. The van der Waals surface area contributed by atoms with E-state index in [2.05, 4.69) is 55.8 Å². The van der Waals surface area contributed by atoms with Gasteiger partial charge in [0.2, 0.25) is 0 Å². The van der Waals surface area contributed by atoms with Crippen LogP contribution in [0, 0.1) is 0 Å². The average Bonchev–Trinajstić information content (AvgIpc) is 2.89. The van der Waals surface area contributed by atoms with Gasteiger partial charge in [0.05, 0.1) is 11.4 Å². The second kappa shape index (κ2) is 10.5. The van der Waals surface area contributed by atoms with Crippen LogP contribution in [0.25, 0.3) is 33.6 Å². The van der Waals surface area contributed by atoms with Crippen molar-refractivity contribution in [2.45, 2.75) is 26.1 Å². The van der Waals surface area contributed by atoms with Gasteiger partial charge >= 0.3 is 0 Å². The number of hydrogen-bond acceptors (Lipinski definition) is 7. The van der Waals surface area contributed by atoms with E-state index in [-0.39, 0.29) is 0 Å². The van der Waals surface area contributed by atoms with Gasteiger partial charge in [0, 0.05) is 62.4 Å². The first kappa shape index (κ1) is 24.1. The van der Waals surface area contributed by atoms with Crippen molar-refractivity contribution in [3.8, 4) is 33.6 Å². The minimum atomic E-state index is -1.11. The lowest BCUT2D eigenvalue weighted by Crippen LogP contribution is -2.42. The van der Waals surface area contributed by atoms with Crippen molar-refractivity contribution in [1.29, 1.82) is 0 Å². The van der Waals surface area contributed by atoms with E-state index in [1.54, 1.807) is 20.0 Å². The number of rotatable bonds is 7. The zero-order valence-corrected chi connectivity index (χ0v) is 20.8. The van der Waals surface area contributed by atoms with Crippen molar-refractivity contribution in [2.75, 3.05) is 31.5 Å². The molecular formula is C29H32N6O. The molecule has 3 aromatic heterocycles. The number of anilines is 1. The predicted molar refractivity (Wildman–Crippen MR) is 144 cm³/mol. The third-order valence-electron chi connectivity index (χ3n) is 6.16. The van der Waals surface area contributed by atoms with Gasteiger partial charge in [-0.3, -0.25) is 14.9 Å². The summed E-state index contributed by atoms with van der Waals surface area (Å²) in [6.45, 7) is 8.65. The highest BCUT2D eigenvalue weighted by molar-refractivity contribution is 5.76. The van der Waals surface area contributed by atoms with E-state index in [0.29, 0.717) is 5.82 Å². The quantitative estimate of drug-likeness (QED) is 0.338. The summed E-state index contributed by atoms with van der Waals surface area (Å²) in [4.78, 5) is 16.2. The number of aromatic nitrogens is 3. The molecule has 0 radical (unpaired) electrons. The van der Waals surface area contributed by atoms with Crippen molar-refractivity contribution in [1.82, 2.24) is 25.2 Å². The molecule has 0 atom stereocenters. The van der Waals surface area contributed by atoms with Gasteiger partial charge < -0.3 is 15.7 Å². The molecule has 3 N–H and O–H groups in total. The molecule has 5 rings (SSSR count). The van der Waals surface area contributed by atoms with Crippen molar-refractivity contribution in [2.24, 2.45) is 0 Å². The van der Waals surface area contributed by atoms with Crippen molar-refractivity contribution in [3.63, 3.8) is 0 Å². The zero-order valence-electron chi connectivity index (χ0n) is 20.8. The molecule has 0 unspecified atom stereocenters. The molecule has 7 nitrogen and oxygen atoms in total. The first-order valence-corrected chi connectivity index (χ1v) is 12.3. The van der Waals surface area contributed by atoms with Gasteiger partial charge in [-0.15, -0.1) is 0 Å². The molecule has 1 aliphatic heterocycles. The van der Waals surface area contributed by atoms with Crippen molar-refractivity contribution in [3.05, 3.63) is 84.8 Å². The number of nitrogens with zero attached hydrogens (tertiary/aromatic N) is 4. The second-order valence-electron chi connectivity index (χ2n) is 9.71. The molecule has 0 bridgehead atoms. The summed E-state index contributed by atoms with van der Waals surface area (Å²) in [6.07, 6.45) is 5.50. The molecule has 1 aliphatic rings. The summed E-state index contributed by atoms with van der Waals surface area (Å²) in [5.41, 5.74) is 5.79. The lowest BCUT2D eigenvalue weighted by Gasteiger charge is -2.27. The number of aliphatic hydroxyl groups is 1. The van der Waals surface area contributed by atoms with Gasteiger partial charge in [-0.05, 0) is 60.9 Å². The van der Waals surface area contributed by atoms with Gasteiger partial charge in [-0.2, -0.15) is 0 Å². The minimum Gasteiger partial charge on any atom is -0.372 e. The van der Waals surface area contributed by atoms with Crippen LogP contribution in [0.1, 0.15) is 19.4 Å². The third kappa shape index (κ3) is 6.12. The Hall–Kier alpha value is -3.65. The third-order valence-corrected chi connectivity index (χ3v) is 6.16. The Balaban J connectivity index is 1.44. The van der Waals surface area contributed by atoms with Crippen LogP contribution in [-0.4, -0.2) is 56.9 Å². The lowest BCUT2D eigenvalue weighted by molar-refractivity contribution is 0.111. The maximum atomic E-state index is 10.3. The predicted octanol–water partition coefficient (Wildman–Crippen LogP) is 4.42. The number of hydrogen-bond donors (Lipinski definition) is 3. The van der Waals surface area contributed by atoms with E-state index < -0.39 is 5.72 Å². The van der Waals surface area contributed by atoms with E-state index in [4.69, 9.17) is 4.98 Å². The van der Waals surface area contributed by atoms with E-state index in [1.165, 1.54) is 5.56 Å². The molecule has 4 aromatic rings. The number of piperazine rings is 1. The molecule has 1 fully saturated rings. The van der Waals surface area contributed by atoms with Gasteiger partial charge in [0.25, 0.3) is 0 Å². The number of benzene rings is 1. The summed E-state index contributed by atoms with van der Waals surface area (Å²) in [5, 5.41) is 16.8. The summed E-state index contributed by atoms with van der Waals surface area (Å²) >= 11 is 0. The highest BCUT2D eigenvalue weighted by Gasteiger charge is 2.16. The van der Waals surface area contributed by atoms with Gasteiger partial charge in [-0.1, -0.05) is 30.3 Å². The first-order chi connectivity index (χ1) is 17.4. The number of pyridine rings is 3. The Morgan fingerprint density at radius 3 is 2.33 bits per heavy atom. The fourth-order valence-corrected chi connectivity index (χ4v) is 4.41. The molecule has 184 valence electrons. The maximum absolute atomic E-state index is 10.3. The van der Waals surface area contributed by atoms with Crippen molar-refractivity contribution >= 4 is 5.82 Å². The van der Waals surface area contributed by atoms with Crippen LogP contribution in [0.5, 0.6) is 0 Å². The molecule has 0 saturated carbocycles. The average molecular weight is 481 g/mol. The maximum Gasteiger partial charge on any atom is 0.130 e. The van der Waals surface area contributed by atoms with Crippen LogP contribution in [0.3, 0.4) is 0 Å². The van der Waals surface area contributed by atoms with E-state index in [9.17, 15) is 5.11 Å². The van der Waals surface area contributed by atoms with E-state index in [0.717, 1.165) is 66.4 Å². The van der Waals surface area contributed by atoms with Crippen LogP contribution in [0.4, 0.5) is 5.82 Å². The molecule has 1 aromatic carbocycles. The van der Waals surface area contributed by atoms with Crippen molar-refractivity contribution < 1.29 is 5.11 Å². The highest BCUT2D eigenvalue weighted by atomic mass is 16.3. The molecule has 0 aliphatic carbocycles. The summed E-state index contributed by atoms with van der Waals surface area (Å²) < 4.78 is 0. The standard InChI is InChI=1S/C29H32N6O/c1-29(2,36)34-28-17-23(16-27(33-28)26-5-3-4-10-32-26)25-15-24(18-31-19-25)22-8-6-21(7-9-22)20-35-13-11-30-12-14-35/h3-10,15-19,30,36H,11-14,20H2,1-2H3,(H,33,34). The minimum absolute atomic E-state index is 0.573. The fraction of sp³-hybridized carbons (Fsp3) is 0.276. The highest BCUT2D eigenvalue weighted by Crippen LogP contribution is 2.30. The SMILES string of the molecule is CC(C)(O)Nc1cc(-c2cncc(-c3ccc(CN4CCNCC4)cc3)c2)cc(-c2ccccn2)n1. The molecule has 1 saturated heterocycles. The first-order valence-electron chi connectivity index (χ1n) is 12.3. The topological polar surface area (TPSA) is 86.2 Å². The van der Waals surface area contributed by atoms with Gasteiger partial charge in [0.15, 0.2) is 0 Å². The fourth-order valence-electron chi connectivity index (χ4n) is 4.41. The smallest absolute Gasteiger partial charge is 0.130 e. The van der Waals surface area contributed by atoms with Crippen LogP contribution in [-0.2, 0) is 6.54 Å². The largest absolute Gasteiger partial charge is 0.372 e. The molecule has 0 amide bonds. The monoisotopic (exact) mass is 480 g/mol. The normalized spacial score (nSPS) is 14.5. The Labute approximate surface area is 212 Å². The van der Waals surface area contributed by atoms with E-state index >= 15 is 0 Å². The lowest BCUT2D eigenvalue weighted by atomic mass is 10.0. The van der Waals surface area contributed by atoms with Crippen LogP contribution in [0.2, 0.25) is 0 Å². The van der Waals surface area contributed by atoms with Crippen LogP contribution >= 0.6 is 0 Å². The Morgan fingerprint density at radius 2 is 1.64 bits per heavy atom. The Morgan fingerprint density at radius 1 is 0.889 bits per heavy atom. The molecule has 0 spiro atoms. The summed E-state index contributed by atoms with van der Waals surface area (Å²) in [7, 11) is 0. The number of nitrogens with one attached hydrogen (secondary N) is 2. The Kier molecular flexibility index (Phi) is 7.04. The van der Waals surface area contributed by atoms with Gasteiger partial charge in [0.1, 0.15) is 11.5 Å². The second-order valence-corrected chi connectivity index (χ2v) is 9.71.